The lowest BCUT2D eigenvalue weighted by molar-refractivity contribution is -0.149. The molecule has 1 aromatic rings. The fraction of sp³-hybridized carbons (Fsp3) is 0.733. The van der Waals surface area contributed by atoms with E-state index in [2.05, 4.69) is 10.2 Å². The molecule has 12 heteroatoms. The molecule has 0 radical (unpaired) electrons. The molecule has 2 atom stereocenters. The number of fused-ring (bicyclic) bond motifs is 1. The second-order valence-electron chi connectivity index (χ2n) is 6.79. The smallest absolute Gasteiger partial charge is 0.367 e. The van der Waals surface area contributed by atoms with Gasteiger partial charge >= 0.3 is 6.18 Å². The van der Waals surface area contributed by atoms with Crippen molar-refractivity contribution in [3.8, 4) is 0 Å². The number of carbonyl (C=O) groups is 2. The summed E-state index contributed by atoms with van der Waals surface area (Å²) >= 11 is 0. The molecule has 0 saturated carbocycles. The predicted molar refractivity (Wildman–Crippen MR) is 85.0 cm³/mol. The maximum atomic E-state index is 12.9. The van der Waals surface area contributed by atoms with Gasteiger partial charge in [0.2, 0.25) is 17.6 Å². The van der Waals surface area contributed by atoms with Crippen LogP contribution in [0.3, 0.4) is 0 Å². The van der Waals surface area contributed by atoms with Crippen LogP contribution in [-0.2, 0) is 33.6 Å². The Morgan fingerprint density at radius 3 is 2.81 bits per heavy atom. The van der Waals surface area contributed by atoms with E-state index >= 15 is 0 Å². The minimum absolute atomic E-state index is 0.00877. The number of hydrogen-bond acceptors (Lipinski definition) is 6. The highest BCUT2D eigenvalue weighted by Crippen LogP contribution is 2.29. The normalized spacial score (nSPS) is 22.0. The van der Waals surface area contributed by atoms with Crippen LogP contribution in [0.25, 0.3) is 0 Å². The molecule has 3 rings (SSSR count). The van der Waals surface area contributed by atoms with Gasteiger partial charge in [-0.05, 0) is 6.92 Å². The number of hydrogen-bond donors (Lipinski definition) is 1. The van der Waals surface area contributed by atoms with Crippen molar-refractivity contribution >= 4 is 11.8 Å². The predicted octanol–water partition coefficient (Wildman–Crippen LogP) is -0.396. The zero-order chi connectivity index (χ0) is 19.8. The third-order valence-corrected chi connectivity index (χ3v) is 4.57. The number of ether oxygens (including phenoxy) is 1. The third-order valence-electron chi connectivity index (χ3n) is 4.57. The highest BCUT2D eigenvalue weighted by molar-refractivity contribution is 5.79. The van der Waals surface area contributed by atoms with Crippen molar-refractivity contribution < 1.29 is 27.5 Å². The molecule has 0 aliphatic carbocycles. The number of nitrogens with zero attached hydrogens (tertiary/aromatic N) is 5. The van der Waals surface area contributed by atoms with Crippen LogP contribution in [0.4, 0.5) is 13.2 Å². The fourth-order valence-corrected chi connectivity index (χ4v) is 3.23. The number of alkyl halides is 3. The van der Waals surface area contributed by atoms with Gasteiger partial charge in [0, 0.05) is 38.6 Å². The van der Waals surface area contributed by atoms with Crippen molar-refractivity contribution in [3.63, 3.8) is 0 Å². The highest BCUT2D eigenvalue weighted by atomic mass is 19.4. The standard InChI is InChI=1S/C15H21F3N6O3/c1-9-5-23(13(26)8-27-9)6-10(19)4-12(25)22-2-3-24-11(7-22)20-21-14(24)15(16,17)18/h9-10H,2-8,19H2,1H3/t9-,10+/m1/s1. The zero-order valence-corrected chi connectivity index (χ0v) is 14.8. The molecule has 1 aromatic heterocycles. The first-order valence-corrected chi connectivity index (χ1v) is 8.57. The van der Waals surface area contributed by atoms with Gasteiger partial charge in [-0.25, -0.2) is 0 Å². The first kappa shape index (κ1) is 19.5. The summed E-state index contributed by atoms with van der Waals surface area (Å²) < 4.78 is 44.8. The van der Waals surface area contributed by atoms with Crippen molar-refractivity contribution in [2.75, 3.05) is 26.2 Å². The number of morpholine rings is 1. The molecule has 2 aliphatic heterocycles. The quantitative estimate of drug-likeness (QED) is 0.750. The van der Waals surface area contributed by atoms with Gasteiger partial charge in [0.05, 0.1) is 12.6 Å². The molecule has 2 aliphatic rings. The molecule has 9 nitrogen and oxygen atoms in total. The van der Waals surface area contributed by atoms with Crippen LogP contribution in [0.5, 0.6) is 0 Å². The molecule has 1 fully saturated rings. The van der Waals surface area contributed by atoms with Crippen LogP contribution >= 0.6 is 0 Å². The number of rotatable bonds is 4. The molecule has 3 heterocycles. The lowest BCUT2D eigenvalue weighted by Gasteiger charge is -2.33. The van der Waals surface area contributed by atoms with Crippen LogP contribution in [0, 0.1) is 0 Å². The maximum absolute atomic E-state index is 12.9. The van der Waals surface area contributed by atoms with E-state index in [9.17, 15) is 22.8 Å². The van der Waals surface area contributed by atoms with E-state index in [1.807, 2.05) is 6.92 Å². The maximum Gasteiger partial charge on any atom is 0.451 e. The molecule has 2 amide bonds. The summed E-state index contributed by atoms with van der Waals surface area (Å²) in [6.07, 6.45) is -4.69. The Labute approximate surface area is 153 Å². The minimum atomic E-state index is -4.58. The molecule has 150 valence electrons. The Morgan fingerprint density at radius 1 is 1.37 bits per heavy atom. The Morgan fingerprint density at radius 2 is 2.11 bits per heavy atom. The number of aromatic nitrogens is 3. The van der Waals surface area contributed by atoms with Crippen LogP contribution in [-0.4, -0.2) is 74.8 Å². The number of nitrogens with two attached hydrogens (primary N) is 1. The molecular weight excluding hydrogens is 369 g/mol. The lowest BCUT2D eigenvalue weighted by Crippen LogP contribution is -2.51. The topological polar surface area (TPSA) is 107 Å². The molecule has 0 bridgehead atoms. The first-order valence-electron chi connectivity index (χ1n) is 8.57. The van der Waals surface area contributed by atoms with Crippen LogP contribution in [0.2, 0.25) is 0 Å². The summed E-state index contributed by atoms with van der Waals surface area (Å²) in [5.74, 6) is -1.44. The van der Waals surface area contributed by atoms with Crippen LogP contribution in [0.15, 0.2) is 0 Å². The number of carbonyl (C=O) groups excluding carboxylic acids is 2. The highest BCUT2D eigenvalue weighted by Gasteiger charge is 2.40. The van der Waals surface area contributed by atoms with Gasteiger partial charge in [-0.3, -0.25) is 9.59 Å². The number of halogens is 3. The summed E-state index contributed by atoms with van der Waals surface area (Å²) in [5, 5.41) is 6.73. The molecule has 1 saturated heterocycles. The minimum Gasteiger partial charge on any atom is -0.367 e. The van der Waals surface area contributed by atoms with Crippen LogP contribution in [0.1, 0.15) is 25.0 Å². The van der Waals surface area contributed by atoms with Gasteiger partial charge in [-0.15, -0.1) is 10.2 Å². The van der Waals surface area contributed by atoms with E-state index in [1.165, 1.54) is 4.90 Å². The summed E-state index contributed by atoms with van der Waals surface area (Å²) in [6.45, 7) is 2.50. The SMILES string of the molecule is C[C@@H]1CN(C[C@@H](N)CC(=O)N2CCn3c(nnc3C(F)(F)F)C2)C(=O)CO1. The third kappa shape index (κ3) is 4.38. The Kier molecular flexibility index (Phi) is 5.38. The lowest BCUT2D eigenvalue weighted by atomic mass is 10.1. The van der Waals surface area contributed by atoms with Crippen LogP contribution < -0.4 is 5.73 Å². The van der Waals surface area contributed by atoms with Crippen molar-refractivity contribution in [1.82, 2.24) is 24.6 Å². The van der Waals surface area contributed by atoms with E-state index in [1.54, 1.807) is 4.90 Å². The average Bonchev–Trinajstić information content (AvgIpc) is 3.01. The Hall–Kier alpha value is -2.21. The van der Waals surface area contributed by atoms with Gasteiger partial charge in [0.1, 0.15) is 6.61 Å². The molecule has 0 unspecified atom stereocenters. The van der Waals surface area contributed by atoms with Crippen molar-refractivity contribution in [2.24, 2.45) is 5.73 Å². The summed E-state index contributed by atoms with van der Waals surface area (Å²) in [4.78, 5) is 27.2. The molecule has 0 aromatic carbocycles. The molecule has 2 N–H and O–H groups in total. The number of amides is 2. The van der Waals surface area contributed by atoms with Gasteiger partial charge in [-0.2, -0.15) is 13.2 Å². The first-order chi connectivity index (χ1) is 12.6. The fourth-order valence-electron chi connectivity index (χ4n) is 3.23. The van der Waals surface area contributed by atoms with Crippen molar-refractivity contribution in [2.45, 2.75) is 44.8 Å². The van der Waals surface area contributed by atoms with Crippen molar-refractivity contribution in [1.29, 1.82) is 0 Å². The van der Waals surface area contributed by atoms with E-state index < -0.39 is 18.0 Å². The van der Waals surface area contributed by atoms with Gasteiger partial charge in [0.15, 0.2) is 5.82 Å². The zero-order valence-electron chi connectivity index (χ0n) is 14.8. The largest absolute Gasteiger partial charge is 0.451 e. The van der Waals surface area contributed by atoms with Crippen molar-refractivity contribution in [3.05, 3.63) is 11.6 Å². The van der Waals surface area contributed by atoms with Gasteiger partial charge < -0.3 is 24.8 Å². The average molecular weight is 390 g/mol. The van der Waals surface area contributed by atoms with E-state index in [0.29, 0.717) is 6.54 Å². The van der Waals surface area contributed by atoms with Gasteiger partial charge in [0.25, 0.3) is 0 Å². The Bertz CT molecular complexity index is 722. The summed E-state index contributed by atoms with van der Waals surface area (Å²) in [5.41, 5.74) is 6.01. The van der Waals surface area contributed by atoms with Gasteiger partial charge in [-0.1, -0.05) is 0 Å². The van der Waals surface area contributed by atoms with E-state index in [4.69, 9.17) is 10.5 Å². The molecular formula is C15H21F3N6O3. The Balaban J connectivity index is 1.56. The summed E-state index contributed by atoms with van der Waals surface area (Å²) in [6, 6.07) is -0.572. The molecule has 27 heavy (non-hydrogen) atoms. The second-order valence-corrected chi connectivity index (χ2v) is 6.79. The second kappa shape index (κ2) is 7.43. The molecule has 0 spiro atoms. The van der Waals surface area contributed by atoms with E-state index in [0.717, 1.165) is 4.57 Å². The monoisotopic (exact) mass is 390 g/mol. The summed E-state index contributed by atoms with van der Waals surface area (Å²) in [7, 11) is 0. The van der Waals surface area contributed by atoms with E-state index in [-0.39, 0.29) is 62.9 Å².